The lowest BCUT2D eigenvalue weighted by molar-refractivity contribution is 0.405. The maximum atomic E-state index is 10.6. The Morgan fingerprint density at radius 3 is 2.25 bits per heavy atom. The number of rotatable bonds is 2. The van der Waals surface area contributed by atoms with Crippen molar-refractivity contribution >= 4 is 13.8 Å². The van der Waals surface area contributed by atoms with Crippen LogP contribution in [0.3, 0.4) is 0 Å². The Labute approximate surface area is 94.2 Å². The molecule has 0 saturated carbocycles. The molecular weight excluding hydrogens is 223 g/mol. The van der Waals surface area contributed by atoms with Crippen LogP contribution in [0, 0.1) is 0 Å². The van der Waals surface area contributed by atoms with E-state index < -0.39 is 8.46 Å². The van der Waals surface area contributed by atoms with Crippen molar-refractivity contribution in [2.75, 3.05) is 0 Å². The van der Waals surface area contributed by atoms with Crippen LogP contribution in [0.15, 0.2) is 42.5 Å². The molecule has 0 bridgehead atoms. The van der Waals surface area contributed by atoms with Gasteiger partial charge >= 0.3 is 8.46 Å². The number of benzene rings is 2. The normalized spacial score (nSPS) is 10.5. The highest BCUT2D eigenvalue weighted by Gasteiger charge is 2.08. The lowest BCUT2D eigenvalue weighted by atomic mass is 10.0. The van der Waals surface area contributed by atoms with Crippen molar-refractivity contribution in [1.82, 2.24) is 0 Å². The van der Waals surface area contributed by atoms with E-state index in [1.807, 2.05) is 0 Å². The summed E-state index contributed by atoms with van der Waals surface area (Å²) in [5, 5.41) is 19.8. The van der Waals surface area contributed by atoms with Crippen LogP contribution in [-0.4, -0.2) is 10.2 Å². The van der Waals surface area contributed by atoms with Crippen LogP contribution in [0.2, 0.25) is 0 Å². The third-order valence-electron chi connectivity index (χ3n) is 2.33. The number of phenolic OH excluding ortho intramolecular Hbond substituents is 2. The van der Waals surface area contributed by atoms with Gasteiger partial charge in [-0.2, -0.15) is 0 Å². The van der Waals surface area contributed by atoms with Gasteiger partial charge in [-0.1, -0.05) is 16.7 Å². The van der Waals surface area contributed by atoms with Gasteiger partial charge in [0.25, 0.3) is 0 Å². The smallest absolute Gasteiger partial charge is 0.363 e. The van der Waals surface area contributed by atoms with E-state index >= 15 is 0 Å². The molecule has 4 heteroatoms. The number of para-hydroxylation sites is 1. The Kier molecular flexibility index (Phi) is 2.88. The van der Waals surface area contributed by atoms with Crippen LogP contribution >= 0.6 is 8.46 Å². The zero-order valence-corrected chi connectivity index (χ0v) is 9.34. The van der Waals surface area contributed by atoms with Gasteiger partial charge in [0, 0.05) is 5.56 Å². The summed E-state index contributed by atoms with van der Waals surface area (Å²) < 4.78 is 10.6. The lowest BCUT2D eigenvalue weighted by Crippen LogP contribution is -1.89. The first-order valence-electron chi connectivity index (χ1n) is 4.72. The van der Waals surface area contributed by atoms with Crippen LogP contribution in [0.4, 0.5) is 0 Å². The maximum Gasteiger partial charge on any atom is 0.363 e. The number of hydrogen-bond donors (Lipinski definition) is 2. The molecule has 2 rings (SSSR count). The molecule has 2 aromatic carbocycles. The average Bonchev–Trinajstić information content (AvgIpc) is 2.33. The van der Waals surface area contributed by atoms with E-state index in [9.17, 15) is 14.8 Å². The van der Waals surface area contributed by atoms with Gasteiger partial charge in [0.15, 0.2) is 16.8 Å². The van der Waals surface area contributed by atoms with Gasteiger partial charge in [-0.05, 0) is 35.9 Å². The minimum absolute atomic E-state index is 0.139. The van der Waals surface area contributed by atoms with Crippen LogP contribution in [-0.2, 0) is 4.57 Å². The molecule has 0 aromatic heterocycles. The van der Waals surface area contributed by atoms with E-state index in [-0.39, 0.29) is 11.5 Å². The zero-order valence-electron chi connectivity index (χ0n) is 8.34. The van der Waals surface area contributed by atoms with E-state index in [4.69, 9.17) is 0 Å². The van der Waals surface area contributed by atoms with Crippen LogP contribution in [0.25, 0.3) is 11.1 Å². The van der Waals surface area contributed by atoms with Gasteiger partial charge in [-0.15, -0.1) is 0 Å². The minimum atomic E-state index is -0.483. The Bertz CT molecular complexity index is 520. The summed E-state index contributed by atoms with van der Waals surface area (Å²) in [4.78, 5) is 0. The molecule has 0 aliphatic carbocycles. The summed E-state index contributed by atoms with van der Waals surface area (Å²) in [7, 11) is -0.483. The van der Waals surface area contributed by atoms with Crippen molar-refractivity contribution in [2.45, 2.75) is 0 Å². The maximum absolute atomic E-state index is 10.6. The highest BCUT2D eigenvalue weighted by molar-refractivity contribution is 7.34. The Morgan fingerprint density at radius 1 is 0.938 bits per heavy atom. The molecule has 0 amide bonds. The molecule has 2 aromatic rings. The second-order valence-corrected chi connectivity index (χ2v) is 4.13. The van der Waals surface area contributed by atoms with Gasteiger partial charge in [0.2, 0.25) is 0 Å². The fourth-order valence-electron chi connectivity index (χ4n) is 1.48. The summed E-state index contributed by atoms with van der Waals surface area (Å²) in [6.07, 6.45) is 0. The molecule has 1 unspecified atom stereocenters. The van der Waals surface area contributed by atoms with Crippen molar-refractivity contribution in [2.24, 2.45) is 0 Å². The Balaban J connectivity index is 2.50. The first-order chi connectivity index (χ1) is 7.72. The van der Waals surface area contributed by atoms with Gasteiger partial charge in [0.05, 0.1) is 0 Å². The van der Waals surface area contributed by atoms with Crippen molar-refractivity contribution in [3.8, 4) is 22.6 Å². The van der Waals surface area contributed by atoms with Crippen molar-refractivity contribution in [3.05, 3.63) is 42.5 Å². The first kappa shape index (κ1) is 10.7. The molecule has 0 aliphatic heterocycles. The largest absolute Gasteiger partial charge is 0.504 e. The second kappa shape index (κ2) is 4.33. The Morgan fingerprint density at radius 2 is 1.62 bits per heavy atom. The molecule has 0 fully saturated rings. The van der Waals surface area contributed by atoms with Crippen LogP contribution in [0.5, 0.6) is 11.5 Å². The monoisotopic (exact) mass is 233 g/mol. The molecule has 3 nitrogen and oxygen atoms in total. The lowest BCUT2D eigenvalue weighted by Gasteiger charge is -2.05. The second-order valence-electron chi connectivity index (χ2n) is 3.35. The quantitative estimate of drug-likeness (QED) is 0.618. The predicted octanol–water partition coefficient (Wildman–Crippen LogP) is 2.41. The highest BCUT2D eigenvalue weighted by Crippen LogP contribution is 2.35. The molecule has 80 valence electrons. The third-order valence-corrected chi connectivity index (χ3v) is 2.90. The number of phenols is 2. The van der Waals surface area contributed by atoms with Gasteiger partial charge in [-0.3, -0.25) is 0 Å². The molecule has 2 N–H and O–H groups in total. The van der Waals surface area contributed by atoms with E-state index in [2.05, 4.69) is 0 Å². The van der Waals surface area contributed by atoms with E-state index in [1.54, 1.807) is 36.4 Å². The zero-order chi connectivity index (χ0) is 11.5. The standard InChI is InChI=1S/C12H9O3P/c13-11-3-1-2-10(12(11)14)8-4-6-9(16-15)7-5-8/h1-7,13-14H/p+1. The summed E-state index contributed by atoms with van der Waals surface area (Å²) >= 11 is 0. The van der Waals surface area contributed by atoms with Crippen molar-refractivity contribution in [1.29, 1.82) is 0 Å². The topological polar surface area (TPSA) is 57.5 Å². The number of hydrogen-bond acceptors (Lipinski definition) is 3. The van der Waals surface area contributed by atoms with Gasteiger partial charge in [-0.25, -0.2) is 0 Å². The van der Waals surface area contributed by atoms with Crippen LogP contribution in [0.1, 0.15) is 0 Å². The Hall–Kier alpha value is -1.86. The molecule has 1 atom stereocenters. The molecule has 0 heterocycles. The van der Waals surface area contributed by atoms with E-state index in [0.29, 0.717) is 5.56 Å². The first-order valence-corrected chi connectivity index (χ1v) is 5.62. The SMILES string of the molecule is O=[PH+]c1ccc(-c2cccc(O)c2O)cc1. The summed E-state index contributed by atoms with van der Waals surface area (Å²) in [6, 6.07) is 11.8. The highest BCUT2D eigenvalue weighted by atomic mass is 31.1. The summed E-state index contributed by atoms with van der Waals surface area (Å²) in [6.45, 7) is 0. The molecule has 0 saturated heterocycles. The minimum Gasteiger partial charge on any atom is -0.504 e. The van der Waals surface area contributed by atoms with Gasteiger partial charge in [0.1, 0.15) is 0 Å². The molecule has 0 aliphatic rings. The van der Waals surface area contributed by atoms with E-state index in [1.165, 1.54) is 6.07 Å². The average molecular weight is 233 g/mol. The summed E-state index contributed by atoms with van der Waals surface area (Å²) in [5.74, 6) is -0.285. The van der Waals surface area contributed by atoms with Gasteiger partial charge < -0.3 is 10.2 Å². The van der Waals surface area contributed by atoms with Crippen molar-refractivity contribution < 1.29 is 14.8 Å². The molecule has 16 heavy (non-hydrogen) atoms. The fourth-order valence-corrected chi connectivity index (χ4v) is 1.78. The van der Waals surface area contributed by atoms with E-state index in [0.717, 1.165) is 10.9 Å². The third kappa shape index (κ3) is 1.90. The fraction of sp³-hybridized carbons (Fsp3) is 0. The summed E-state index contributed by atoms with van der Waals surface area (Å²) in [5.41, 5.74) is 1.33. The predicted molar refractivity (Wildman–Crippen MR) is 63.8 cm³/mol. The number of aromatic hydroxyl groups is 2. The molecular formula is C12H10O3P+. The van der Waals surface area contributed by atoms with Crippen LogP contribution < -0.4 is 5.30 Å². The molecule has 0 spiro atoms. The molecule has 0 radical (unpaired) electrons. The van der Waals surface area contributed by atoms with Crippen molar-refractivity contribution in [3.63, 3.8) is 0 Å².